The van der Waals surface area contributed by atoms with E-state index in [1.165, 1.54) is 24.3 Å². The standard InChI is InChI=1S/C14H7F6/c15-13(16,17)10-6-7-11(9-4-2-1-3-5-9)12(8-10)14(18,19)20/h2-8H. The van der Waals surface area contributed by atoms with Gasteiger partial charge in [-0.05, 0) is 29.3 Å². The van der Waals surface area contributed by atoms with Crippen LogP contribution in [-0.2, 0) is 12.4 Å². The highest BCUT2D eigenvalue weighted by Crippen LogP contribution is 2.40. The fraction of sp³-hybridized carbons (Fsp3) is 0.143. The zero-order chi connectivity index (χ0) is 15.0. The third kappa shape index (κ3) is 2.95. The number of rotatable bonds is 1. The minimum absolute atomic E-state index is 0.131. The Labute approximate surface area is 110 Å². The highest BCUT2D eigenvalue weighted by atomic mass is 19.4. The fourth-order valence-corrected chi connectivity index (χ4v) is 1.77. The molecule has 0 aliphatic carbocycles. The Morgan fingerprint density at radius 1 is 0.750 bits per heavy atom. The molecule has 2 aromatic rings. The van der Waals surface area contributed by atoms with Gasteiger partial charge in [-0.25, -0.2) is 0 Å². The van der Waals surface area contributed by atoms with Crippen molar-refractivity contribution in [3.63, 3.8) is 0 Å². The van der Waals surface area contributed by atoms with E-state index in [4.69, 9.17) is 0 Å². The Morgan fingerprint density at radius 3 is 1.85 bits per heavy atom. The summed E-state index contributed by atoms with van der Waals surface area (Å²) in [4.78, 5) is 0. The summed E-state index contributed by atoms with van der Waals surface area (Å²) in [5.74, 6) is 0. The molecule has 0 aliphatic rings. The SMILES string of the molecule is FC(F)(F)c1ccc(-c2cc[c]cc2)c(C(F)(F)F)c1. The minimum atomic E-state index is -4.86. The first-order valence-corrected chi connectivity index (χ1v) is 5.44. The van der Waals surface area contributed by atoms with Crippen molar-refractivity contribution in [2.45, 2.75) is 12.4 Å². The Bertz CT molecular complexity index is 595. The van der Waals surface area contributed by atoms with Crippen LogP contribution in [0.4, 0.5) is 26.3 Å². The molecule has 0 saturated carbocycles. The molecule has 2 rings (SSSR count). The quantitative estimate of drug-likeness (QED) is 0.634. The predicted octanol–water partition coefficient (Wildman–Crippen LogP) is 5.19. The van der Waals surface area contributed by atoms with E-state index in [-0.39, 0.29) is 17.2 Å². The Balaban J connectivity index is 2.65. The van der Waals surface area contributed by atoms with E-state index in [0.29, 0.717) is 6.07 Å². The minimum Gasteiger partial charge on any atom is -0.166 e. The van der Waals surface area contributed by atoms with Gasteiger partial charge in [0.25, 0.3) is 0 Å². The Kier molecular flexibility index (Phi) is 3.50. The monoisotopic (exact) mass is 289 g/mol. The first kappa shape index (κ1) is 14.4. The van der Waals surface area contributed by atoms with E-state index < -0.39 is 23.5 Å². The van der Waals surface area contributed by atoms with Crippen molar-refractivity contribution in [1.82, 2.24) is 0 Å². The lowest BCUT2D eigenvalue weighted by Crippen LogP contribution is -2.12. The summed E-state index contributed by atoms with van der Waals surface area (Å²) in [5, 5.41) is 0. The van der Waals surface area contributed by atoms with E-state index in [2.05, 4.69) is 6.07 Å². The van der Waals surface area contributed by atoms with Crippen molar-refractivity contribution in [2.24, 2.45) is 0 Å². The molecule has 0 fully saturated rings. The van der Waals surface area contributed by atoms with Gasteiger partial charge in [0.15, 0.2) is 0 Å². The van der Waals surface area contributed by atoms with Crippen LogP contribution in [0.2, 0.25) is 0 Å². The highest BCUT2D eigenvalue weighted by Gasteiger charge is 2.38. The second-order valence-corrected chi connectivity index (χ2v) is 4.04. The van der Waals surface area contributed by atoms with Crippen molar-refractivity contribution >= 4 is 0 Å². The van der Waals surface area contributed by atoms with Crippen LogP contribution in [0.5, 0.6) is 0 Å². The summed E-state index contributed by atoms with van der Waals surface area (Å²) in [6.07, 6.45) is -9.68. The molecule has 6 heteroatoms. The molecule has 0 amide bonds. The van der Waals surface area contributed by atoms with Crippen molar-refractivity contribution < 1.29 is 26.3 Å². The van der Waals surface area contributed by atoms with Gasteiger partial charge in [0.2, 0.25) is 0 Å². The summed E-state index contributed by atoms with van der Waals surface area (Å²) >= 11 is 0. The average molecular weight is 289 g/mol. The summed E-state index contributed by atoms with van der Waals surface area (Å²) < 4.78 is 76.3. The molecule has 0 aliphatic heterocycles. The molecule has 2 aromatic carbocycles. The molecule has 20 heavy (non-hydrogen) atoms. The maximum Gasteiger partial charge on any atom is 0.417 e. The zero-order valence-corrected chi connectivity index (χ0v) is 9.81. The molecule has 0 bridgehead atoms. The molecule has 105 valence electrons. The molecule has 0 N–H and O–H groups in total. The van der Waals surface area contributed by atoms with Crippen LogP contribution in [0.1, 0.15) is 11.1 Å². The van der Waals surface area contributed by atoms with Crippen LogP contribution in [0.3, 0.4) is 0 Å². The Morgan fingerprint density at radius 2 is 1.35 bits per heavy atom. The van der Waals surface area contributed by atoms with Gasteiger partial charge in [-0.1, -0.05) is 30.3 Å². The van der Waals surface area contributed by atoms with Gasteiger partial charge >= 0.3 is 12.4 Å². The first-order chi connectivity index (χ1) is 9.19. The van der Waals surface area contributed by atoms with Crippen molar-refractivity contribution in [2.75, 3.05) is 0 Å². The van der Waals surface area contributed by atoms with Gasteiger partial charge in [0.05, 0.1) is 11.1 Å². The number of hydrogen-bond donors (Lipinski definition) is 0. The van der Waals surface area contributed by atoms with Crippen LogP contribution < -0.4 is 0 Å². The van der Waals surface area contributed by atoms with Crippen molar-refractivity contribution in [3.8, 4) is 11.1 Å². The first-order valence-electron chi connectivity index (χ1n) is 5.44. The van der Waals surface area contributed by atoms with Crippen LogP contribution in [0, 0.1) is 6.07 Å². The van der Waals surface area contributed by atoms with E-state index >= 15 is 0 Å². The van der Waals surface area contributed by atoms with Crippen LogP contribution in [0.25, 0.3) is 11.1 Å². The number of halogens is 6. The molecule has 0 aromatic heterocycles. The number of benzene rings is 2. The molecule has 0 heterocycles. The zero-order valence-electron chi connectivity index (χ0n) is 9.81. The smallest absolute Gasteiger partial charge is 0.166 e. The Hall–Kier alpha value is -1.98. The summed E-state index contributed by atoms with van der Waals surface area (Å²) in [6.45, 7) is 0. The molecule has 0 atom stereocenters. The molecule has 0 saturated heterocycles. The normalized spacial score (nSPS) is 12.5. The third-order valence-corrected chi connectivity index (χ3v) is 2.68. The van der Waals surface area contributed by atoms with E-state index in [1.54, 1.807) is 0 Å². The predicted molar refractivity (Wildman–Crippen MR) is 60.7 cm³/mol. The fourth-order valence-electron chi connectivity index (χ4n) is 1.77. The number of alkyl halides is 6. The largest absolute Gasteiger partial charge is 0.417 e. The van der Waals surface area contributed by atoms with E-state index in [9.17, 15) is 26.3 Å². The lowest BCUT2D eigenvalue weighted by molar-refractivity contribution is -0.142. The topological polar surface area (TPSA) is 0 Å². The van der Waals surface area contributed by atoms with E-state index in [0.717, 1.165) is 6.07 Å². The second kappa shape index (κ2) is 4.85. The van der Waals surface area contributed by atoms with Gasteiger partial charge in [-0.15, -0.1) is 0 Å². The van der Waals surface area contributed by atoms with Gasteiger partial charge in [-0.3, -0.25) is 0 Å². The maximum absolute atomic E-state index is 12.9. The summed E-state index contributed by atoms with van der Waals surface area (Å²) in [7, 11) is 0. The molecule has 0 nitrogen and oxygen atoms in total. The molecule has 1 radical (unpaired) electrons. The highest BCUT2D eigenvalue weighted by molar-refractivity contribution is 5.68. The van der Waals surface area contributed by atoms with E-state index in [1.807, 2.05) is 0 Å². The molecule has 0 spiro atoms. The van der Waals surface area contributed by atoms with Crippen molar-refractivity contribution in [3.05, 3.63) is 59.7 Å². The molecule has 0 unspecified atom stereocenters. The van der Waals surface area contributed by atoms with Crippen LogP contribution in [0.15, 0.2) is 42.5 Å². The van der Waals surface area contributed by atoms with Gasteiger partial charge in [0.1, 0.15) is 0 Å². The average Bonchev–Trinajstić information content (AvgIpc) is 2.37. The molecular formula is C14H7F6. The second-order valence-electron chi connectivity index (χ2n) is 4.04. The van der Waals surface area contributed by atoms with Gasteiger partial charge < -0.3 is 0 Å². The third-order valence-electron chi connectivity index (χ3n) is 2.68. The van der Waals surface area contributed by atoms with Gasteiger partial charge in [0, 0.05) is 0 Å². The van der Waals surface area contributed by atoms with Crippen LogP contribution >= 0.6 is 0 Å². The lowest BCUT2D eigenvalue weighted by atomic mass is 9.97. The summed E-state index contributed by atoms with van der Waals surface area (Å²) in [5.41, 5.74) is -2.74. The van der Waals surface area contributed by atoms with Crippen LogP contribution in [-0.4, -0.2) is 0 Å². The number of hydrogen-bond acceptors (Lipinski definition) is 0. The lowest BCUT2D eigenvalue weighted by Gasteiger charge is -2.16. The summed E-state index contributed by atoms with van der Waals surface area (Å²) in [6, 6.07) is 9.75. The van der Waals surface area contributed by atoms with Crippen molar-refractivity contribution in [1.29, 1.82) is 0 Å². The maximum atomic E-state index is 12.9. The van der Waals surface area contributed by atoms with Gasteiger partial charge in [-0.2, -0.15) is 26.3 Å². The molecular weight excluding hydrogens is 282 g/mol.